The summed E-state index contributed by atoms with van der Waals surface area (Å²) in [7, 11) is 2.98. The predicted molar refractivity (Wildman–Crippen MR) is 111 cm³/mol. The molecule has 0 saturated carbocycles. The maximum atomic E-state index is 12.5. The van der Waals surface area contributed by atoms with Crippen molar-refractivity contribution in [1.29, 1.82) is 0 Å². The topological polar surface area (TPSA) is 67.9 Å². The number of rotatable bonds is 7. The highest BCUT2D eigenvalue weighted by molar-refractivity contribution is 6.35. The summed E-state index contributed by atoms with van der Waals surface area (Å²) in [6, 6.07) is 9.55. The molecule has 1 unspecified atom stereocenters. The third kappa shape index (κ3) is 5.92. The van der Waals surface area contributed by atoms with Crippen molar-refractivity contribution in [3.63, 3.8) is 0 Å². The number of carbonyl (C=O) groups is 2. The molecule has 28 heavy (non-hydrogen) atoms. The third-order valence-electron chi connectivity index (χ3n) is 3.74. The second kappa shape index (κ2) is 9.87. The van der Waals surface area contributed by atoms with Crippen LogP contribution in [0.3, 0.4) is 0 Å². The first-order valence-corrected chi connectivity index (χ1v) is 9.34. The number of hydrogen-bond donors (Lipinski definition) is 1. The number of benzene rings is 2. The lowest BCUT2D eigenvalue weighted by atomic mass is 10.3. The van der Waals surface area contributed by atoms with Crippen molar-refractivity contribution in [2.45, 2.75) is 13.0 Å². The number of ether oxygens (including phenoxy) is 2. The van der Waals surface area contributed by atoms with E-state index in [1.807, 2.05) is 0 Å². The van der Waals surface area contributed by atoms with Gasteiger partial charge in [-0.15, -0.1) is 0 Å². The summed E-state index contributed by atoms with van der Waals surface area (Å²) in [5, 5.41) is 3.87. The molecule has 0 saturated heterocycles. The lowest BCUT2D eigenvalue weighted by Crippen LogP contribution is -2.42. The normalized spacial score (nSPS) is 11.5. The van der Waals surface area contributed by atoms with Crippen molar-refractivity contribution < 1.29 is 19.1 Å². The van der Waals surface area contributed by atoms with Gasteiger partial charge in [-0.25, -0.2) is 0 Å². The Morgan fingerprint density at radius 1 is 1.07 bits per heavy atom. The van der Waals surface area contributed by atoms with Crippen molar-refractivity contribution in [3.8, 4) is 11.5 Å². The molecule has 0 aliphatic rings. The molecule has 0 aromatic heterocycles. The van der Waals surface area contributed by atoms with Crippen LogP contribution in [0, 0.1) is 0 Å². The highest BCUT2D eigenvalue weighted by Crippen LogP contribution is 2.29. The monoisotopic (exact) mass is 444 g/mol. The average Bonchev–Trinajstić information content (AvgIpc) is 2.63. The molecule has 0 fully saturated rings. The lowest BCUT2D eigenvalue weighted by molar-refractivity contribution is -0.139. The Balaban J connectivity index is 1.97. The first-order chi connectivity index (χ1) is 13.2. The Morgan fingerprint density at radius 3 is 2.29 bits per heavy atom. The summed E-state index contributed by atoms with van der Waals surface area (Å²) in [4.78, 5) is 26.0. The number of likely N-dealkylation sites (N-methyl/N-ethyl adjacent to an activating group) is 1. The Morgan fingerprint density at radius 2 is 1.68 bits per heavy atom. The van der Waals surface area contributed by atoms with Crippen LogP contribution in [-0.2, 0) is 9.59 Å². The molecule has 6 nitrogen and oxygen atoms in total. The van der Waals surface area contributed by atoms with Crippen LogP contribution in [0.25, 0.3) is 0 Å². The zero-order valence-electron chi connectivity index (χ0n) is 15.5. The molecule has 0 radical (unpaired) electrons. The molecule has 0 aliphatic heterocycles. The second-order valence-electron chi connectivity index (χ2n) is 5.92. The van der Waals surface area contributed by atoms with Gasteiger partial charge in [-0.1, -0.05) is 34.8 Å². The molecule has 2 aromatic rings. The molecule has 0 spiro atoms. The van der Waals surface area contributed by atoms with Gasteiger partial charge in [-0.05, 0) is 43.3 Å². The highest BCUT2D eigenvalue weighted by Gasteiger charge is 2.22. The standard InChI is InChI=1S/C19H19Cl3N2O4/c1-11(28-16-6-4-12(20)8-14(16)22)19(26)24(2)10-18(25)23-15-9-13(21)5-7-17(15)27-3/h4-9,11H,10H2,1-3H3,(H,23,25). The summed E-state index contributed by atoms with van der Waals surface area (Å²) in [5.74, 6) is -0.0124. The fourth-order valence-corrected chi connectivity index (χ4v) is 3.01. The number of amides is 2. The van der Waals surface area contributed by atoms with Crippen LogP contribution in [0.5, 0.6) is 11.5 Å². The van der Waals surface area contributed by atoms with E-state index in [1.165, 1.54) is 25.1 Å². The van der Waals surface area contributed by atoms with Crippen molar-refractivity contribution in [1.82, 2.24) is 4.90 Å². The van der Waals surface area contributed by atoms with Gasteiger partial charge in [0.1, 0.15) is 11.5 Å². The van der Waals surface area contributed by atoms with Gasteiger partial charge >= 0.3 is 0 Å². The zero-order chi connectivity index (χ0) is 20.8. The van der Waals surface area contributed by atoms with Crippen LogP contribution in [0.4, 0.5) is 5.69 Å². The first-order valence-electron chi connectivity index (χ1n) is 8.21. The molecule has 0 aliphatic carbocycles. The molecule has 2 rings (SSSR count). The van der Waals surface area contributed by atoms with Crippen LogP contribution in [0.2, 0.25) is 15.1 Å². The fraction of sp³-hybridized carbons (Fsp3) is 0.263. The van der Waals surface area contributed by atoms with Crippen LogP contribution >= 0.6 is 34.8 Å². The highest BCUT2D eigenvalue weighted by atomic mass is 35.5. The number of halogens is 3. The summed E-state index contributed by atoms with van der Waals surface area (Å²) in [6.07, 6.45) is -0.850. The lowest BCUT2D eigenvalue weighted by Gasteiger charge is -2.22. The average molecular weight is 446 g/mol. The minimum Gasteiger partial charge on any atom is -0.495 e. The number of methoxy groups -OCH3 is 1. The SMILES string of the molecule is COc1ccc(Cl)cc1NC(=O)CN(C)C(=O)C(C)Oc1ccc(Cl)cc1Cl. The maximum Gasteiger partial charge on any atom is 0.263 e. The summed E-state index contributed by atoms with van der Waals surface area (Å²) in [5.41, 5.74) is 0.415. The van der Waals surface area contributed by atoms with Gasteiger partial charge in [0.15, 0.2) is 6.10 Å². The van der Waals surface area contributed by atoms with E-state index in [-0.39, 0.29) is 12.5 Å². The van der Waals surface area contributed by atoms with Crippen molar-refractivity contribution in [2.75, 3.05) is 26.0 Å². The smallest absolute Gasteiger partial charge is 0.263 e. The van der Waals surface area contributed by atoms with Crippen molar-refractivity contribution in [3.05, 3.63) is 51.5 Å². The van der Waals surface area contributed by atoms with Crippen molar-refractivity contribution >= 4 is 52.3 Å². The third-order valence-corrected chi connectivity index (χ3v) is 4.50. The van der Waals surface area contributed by atoms with Gasteiger partial charge in [0.05, 0.1) is 24.4 Å². The van der Waals surface area contributed by atoms with Gasteiger partial charge in [-0.3, -0.25) is 9.59 Å². The van der Waals surface area contributed by atoms with E-state index in [4.69, 9.17) is 44.3 Å². The molecule has 1 N–H and O–H groups in total. The Bertz CT molecular complexity index is 876. The van der Waals surface area contributed by atoms with Crippen LogP contribution < -0.4 is 14.8 Å². The maximum absolute atomic E-state index is 12.5. The minimum atomic E-state index is -0.850. The predicted octanol–water partition coefficient (Wildman–Crippen LogP) is 4.52. The van der Waals surface area contributed by atoms with E-state index in [2.05, 4.69) is 5.32 Å². The molecular formula is C19H19Cl3N2O4. The quantitative estimate of drug-likeness (QED) is 0.680. The Kier molecular flexibility index (Phi) is 7.80. The molecule has 150 valence electrons. The molecule has 0 heterocycles. The van der Waals surface area contributed by atoms with Gasteiger partial charge in [0, 0.05) is 17.1 Å². The van der Waals surface area contributed by atoms with Gasteiger partial charge in [-0.2, -0.15) is 0 Å². The Hall–Kier alpha value is -2.15. The first kappa shape index (κ1) is 22.1. The minimum absolute atomic E-state index is 0.184. The number of hydrogen-bond acceptors (Lipinski definition) is 4. The number of anilines is 1. The molecule has 9 heteroatoms. The van der Waals surface area contributed by atoms with E-state index in [1.54, 1.807) is 37.3 Å². The van der Waals surface area contributed by atoms with Crippen LogP contribution in [0.1, 0.15) is 6.92 Å². The van der Waals surface area contributed by atoms with E-state index in [0.29, 0.717) is 32.3 Å². The zero-order valence-corrected chi connectivity index (χ0v) is 17.7. The fourth-order valence-electron chi connectivity index (χ4n) is 2.38. The van der Waals surface area contributed by atoms with E-state index in [0.717, 1.165) is 0 Å². The van der Waals surface area contributed by atoms with E-state index >= 15 is 0 Å². The number of nitrogens with zero attached hydrogens (tertiary/aromatic N) is 1. The van der Waals surface area contributed by atoms with Crippen molar-refractivity contribution in [2.24, 2.45) is 0 Å². The Labute approximate surface area is 178 Å². The number of carbonyl (C=O) groups excluding carboxylic acids is 2. The molecule has 0 bridgehead atoms. The molecular weight excluding hydrogens is 427 g/mol. The van der Waals surface area contributed by atoms with E-state index < -0.39 is 12.0 Å². The van der Waals surface area contributed by atoms with Gasteiger partial charge in [0.2, 0.25) is 5.91 Å². The second-order valence-corrected chi connectivity index (χ2v) is 7.20. The molecule has 1 atom stereocenters. The van der Waals surface area contributed by atoms with Gasteiger partial charge in [0.25, 0.3) is 5.91 Å². The summed E-state index contributed by atoms with van der Waals surface area (Å²) >= 11 is 17.8. The largest absolute Gasteiger partial charge is 0.495 e. The molecule has 2 aromatic carbocycles. The summed E-state index contributed by atoms with van der Waals surface area (Å²) in [6.45, 7) is 1.39. The number of nitrogens with one attached hydrogen (secondary N) is 1. The van der Waals surface area contributed by atoms with Gasteiger partial charge < -0.3 is 19.7 Å². The summed E-state index contributed by atoms with van der Waals surface area (Å²) < 4.78 is 10.8. The van der Waals surface area contributed by atoms with Crippen LogP contribution in [-0.4, -0.2) is 43.5 Å². The molecule has 2 amide bonds. The van der Waals surface area contributed by atoms with Crippen LogP contribution in [0.15, 0.2) is 36.4 Å². The van der Waals surface area contributed by atoms with E-state index in [9.17, 15) is 9.59 Å².